The second-order valence-corrected chi connectivity index (χ2v) is 10.2. The molecule has 0 radical (unpaired) electrons. The smallest absolute Gasteiger partial charge is 0.160 e. The van der Waals surface area contributed by atoms with Crippen molar-refractivity contribution in [2.75, 3.05) is 0 Å². The molecule has 5 nitrogen and oxygen atoms in total. The molecule has 0 bridgehead atoms. The van der Waals surface area contributed by atoms with Gasteiger partial charge in [-0.05, 0) is 41.5 Å². The first-order valence-electron chi connectivity index (χ1n) is 13.8. The average Bonchev–Trinajstić information content (AvgIpc) is 3.07. The lowest BCUT2D eigenvalue weighted by molar-refractivity contribution is 1.18. The molecule has 0 unspecified atom stereocenters. The molecule has 0 fully saturated rings. The van der Waals surface area contributed by atoms with Gasteiger partial charge in [0, 0.05) is 51.4 Å². The quantitative estimate of drug-likeness (QED) is 0.224. The molecular weight excluding hydrogens is 514 g/mol. The predicted octanol–water partition coefficient (Wildman–Crippen LogP) is 8.79. The minimum atomic E-state index is 0.648. The summed E-state index contributed by atoms with van der Waals surface area (Å²) in [6.07, 6.45) is 5.48. The number of hydrogen-bond donors (Lipinski definition) is 0. The Hall–Kier alpha value is -5.81. The van der Waals surface area contributed by atoms with E-state index in [4.69, 9.17) is 19.9 Å². The van der Waals surface area contributed by atoms with E-state index in [-0.39, 0.29) is 0 Å². The molecule has 0 aliphatic heterocycles. The van der Waals surface area contributed by atoms with Crippen molar-refractivity contribution in [3.8, 4) is 45.0 Å². The highest BCUT2D eigenvalue weighted by molar-refractivity contribution is 5.97. The summed E-state index contributed by atoms with van der Waals surface area (Å²) in [5.74, 6) is 0.648. The summed E-state index contributed by atoms with van der Waals surface area (Å²) in [6, 6.07) is 41.3. The zero-order valence-corrected chi connectivity index (χ0v) is 22.5. The van der Waals surface area contributed by atoms with Gasteiger partial charge in [-0.1, -0.05) is 91.0 Å². The number of nitrogens with zero attached hydrogens (tertiary/aromatic N) is 5. The fourth-order valence-corrected chi connectivity index (χ4v) is 5.63. The minimum Gasteiger partial charge on any atom is -0.256 e. The molecule has 4 aromatic heterocycles. The van der Waals surface area contributed by atoms with Crippen LogP contribution in [-0.4, -0.2) is 24.9 Å². The van der Waals surface area contributed by atoms with Crippen LogP contribution in [0.25, 0.3) is 77.7 Å². The van der Waals surface area contributed by atoms with E-state index in [0.29, 0.717) is 5.82 Å². The van der Waals surface area contributed by atoms with Gasteiger partial charge < -0.3 is 0 Å². The topological polar surface area (TPSA) is 64.5 Å². The number of fused-ring (bicyclic) bond motifs is 3. The number of para-hydroxylation sites is 2. The molecule has 5 heteroatoms. The van der Waals surface area contributed by atoms with Crippen LogP contribution in [0.2, 0.25) is 0 Å². The zero-order valence-electron chi connectivity index (χ0n) is 22.5. The zero-order chi connectivity index (χ0) is 27.9. The second kappa shape index (κ2) is 9.98. The molecule has 0 aliphatic carbocycles. The van der Waals surface area contributed by atoms with Crippen LogP contribution in [0.1, 0.15) is 0 Å². The van der Waals surface area contributed by atoms with Crippen LogP contribution in [-0.2, 0) is 0 Å². The van der Waals surface area contributed by atoms with E-state index in [1.807, 2.05) is 67.1 Å². The Bertz CT molecular complexity index is 2140. The van der Waals surface area contributed by atoms with Crippen molar-refractivity contribution in [3.63, 3.8) is 0 Å². The molecule has 0 spiro atoms. The lowest BCUT2D eigenvalue weighted by Gasteiger charge is -2.12. The molecular formula is C37H23N5. The Balaban J connectivity index is 1.31. The maximum atomic E-state index is 5.10. The van der Waals surface area contributed by atoms with Crippen molar-refractivity contribution in [1.29, 1.82) is 0 Å². The molecule has 4 heterocycles. The summed E-state index contributed by atoms with van der Waals surface area (Å²) < 4.78 is 0. The van der Waals surface area contributed by atoms with E-state index in [2.05, 4.69) is 77.8 Å². The molecule has 8 rings (SSSR count). The molecule has 4 aromatic carbocycles. The largest absolute Gasteiger partial charge is 0.256 e. The first-order valence-corrected chi connectivity index (χ1v) is 13.8. The number of hydrogen-bond acceptors (Lipinski definition) is 5. The summed E-state index contributed by atoms with van der Waals surface area (Å²) in [7, 11) is 0. The maximum Gasteiger partial charge on any atom is 0.160 e. The number of pyridine rings is 3. The highest BCUT2D eigenvalue weighted by Gasteiger charge is 2.15. The minimum absolute atomic E-state index is 0.648. The van der Waals surface area contributed by atoms with Gasteiger partial charge in [0.15, 0.2) is 5.82 Å². The van der Waals surface area contributed by atoms with Crippen LogP contribution in [0.5, 0.6) is 0 Å². The lowest BCUT2D eigenvalue weighted by Crippen LogP contribution is -1.97. The maximum absolute atomic E-state index is 5.10. The van der Waals surface area contributed by atoms with Gasteiger partial charge >= 0.3 is 0 Å². The normalized spacial score (nSPS) is 11.3. The van der Waals surface area contributed by atoms with Crippen LogP contribution in [0, 0.1) is 0 Å². The summed E-state index contributed by atoms with van der Waals surface area (Å²) in [5.41, 5.74) is 9.55. The standard InChI is InChI=1S/C37H23N5/c1-7-25-9-4-21-39-35(25)30(12-1)33-23-34(31-13-2-8-26-10-5-22-40-36(26)31)42-37(41-33)27-18-16-24(17-19-27)28-11-3-15-32-29(28)14-6-20-38-32/h1-23H. The van der Waals surface area contributed by atoms with Crippen molar-refractivity contribution in [3.05, 3.63) is 140 Å². The summed E-state index contributed by atoms with van der Waals surface area (Å²) in [6.45, 7) is 0. The Morgan fingerprint density at radius 2 is 0.929 bits per heavy atom. The van der Waals surface area contributed by atoms with Crippen molar-refractivity contribution in [2.45, 2.75) is 0 Å². The van der Waals surface area contributed by atoms with E-state index in [9.17, 15) is 0 Å². The Morgan fingerprint density at radius 3 is 1.60 bits per heavy atom. The monoisotopic (exact) mass is 537 g/mol. The van der Waals surface area contributed by atoms with Crippen LogP contribution in [0.3, 0.4) is 0 Å². The second-order valence-electron chi connectivity index (χ2n) is 10.2. The van der Waals surface area contributed by atoms with Gasteiger partial charge in [0.25, 0.3) is 0 Å². The molecule has 42 heavy (non-hydrogen) atoms. The van der Waals surface area contributed by atoms with E-state index >= 15 is 0 Å². The van der Waals surface area contributed by atoms with E-state index in [1.165, 1.54) is 0 Å². The van der Waals surface area contributed by atoms with Crippen LogP contribution in [0.15, 0.2) is 140 Å². The number of aromatic nitrogens is 5. The van der Waals surface area contributed by atoms with Crippen LogP contribution >= 0.6 is 0 Å². The van der Waals surface area contributed by atoms with Gasteiger partial charge in [-0.15, -0.1) is 0 Å². The molecule has 0 amide bonds. The molecule has 0 saturated heterocycles. The van der Waals surface area contributed by atoms with Gasteiger partial charge in [0.1, 0.15) is 0 Å². The van der Waals surface area contributed by atoms with E-state index in [0.717, 1.165) is 71.9 Å². The van der Waals surface area contributed by atoms with Crippen molar-refractivity contribution >= 4 is 32.7 Å². The third-order valence-corrected chi connectivity index (χ3v) is 7.64. The van der Waals surface area contributed by atoms with Crippen LogP contribution < -0.4 is 0 Å². The molecule has 196 valence electrons. The Morgan fingerprint density at radius 1 is 0.405 bits per heavy atom. The fraction of sp³-hybridized carbons (Fsp3) is 0. The third kappa shape index (κ3) is 4.16. The van der Waals surface area contributed by atoms with Gasteiger partial charge in [0.05, 0.1) is 27.9 Å². The highest BCUT2D eigenvalue weighted by Crippen LogP contribution is 2.34. The average molecular weight is 538 g/mol. The summed E-state index contributed by atoms with van der Waals surface area (Å²) in [4.78, 5) is 24.1. The number of benzene rings is 4. The van der Waals surface area contributed by atoms with Gasteiger partial charge in [-0.3, -0.25) is 15.0 Å². The van der Waals surface area contributed by atoms with Gasteiger partial charge in [-0.25, -0.2) is 9.97 Å². The first kappa shape index (κ1) is 24.0. The third-order valence-electron chi connectivity index (χ3n) is 7.64. The molecule has 8 aromatic rings. The predicted molar refractivity (Wildman–Crippen MR) is 170 cm³/mol. The molecule has 0 N–H and O–H groups in total. The van der Waals surface area contributed by atoms with Gasteiger partial charge in [-0.2, -0.15) is 0 Å². The summed E-state index contributed by atoms with van der Waals surface area (Å²) >= 11 is 0. The van der Waals surface area contributed by atoms with Gasteiger partial charge in [0.2, 0.25) is 0 Å². The van der Waals surface area contributed by atoms with E-state index < -0.39 is 0 Å². The van der Waals surface area contributed by atoms with E-state index in [1.54, 1.807) is 0 Å². The highest BCUT2D eigenvalue weighted by atomic mass is 14.9. The first-order chi connectivity index (χ1) is 20.8. The Labute approximate surface area is 242 Å². The molecule has 0 saturated carbocycles. The summed E-state index contributed by atoms with van der Waals surface area (Å²) in [5, 5.41) is 3.26. The van der Waals surface area contributed by atoms with Crippen molar-refractivity contribution in [2.24, 2.45) is 0 Å². The van der Waals surface area contributed by atoms with Crippen molar-refractivity contribution in [1.82, 2.24) is 24.9 Å². The SMILES string of the molecule is c1cnc2c(-c3cc(-c4cccc5cccnc45)nc(-c4ccc(-c5cccc6ncccc56)cc4)n3)cccc2c1. The Kier molecular flexibility index (Phi) is 5.71. The van der Waals surface area contributed by atoms with Crippen molar-refractivity contribution < 1.29 is 0 Å². The fourth-order valence-electron chi connectivity index (χ4n) is 5.63. The number of rotatable bonds is 4. The molecule has 0 aliphatic rings. The molecule has 0 atom stereocenters. The lowest BCUT2D eigenvalue weighted by atomic mass is 9.99. The van der Waals surface area contributed by atoms with Crippen LogP contribution in [0.4, 0.5) is 0 Å².